The summed E-state index contributed by atoms with van der Waals surface area (Å²) in [4.78, 5) is 2.54. The summed E-state index contributed by atoms with van der Waals surface area (Å²) in [7, 11) is 0. The Kier molecular flexibility index (Phi) is 13.4. The van der Waals surface area contributed by atoms with E-state index >= 15 is 0 Å². The summed E-state index contributed by atoms with van der Waals surface area (Å²) >= 11 is 0. The Bertz CT molecular complexity index is 215. The summed E-state index contributed by atoms with van der Waals surface area (Å²) in [5.74, 6) is 0. The zero-order chi connectivity index (χ0) is 14.6. The highest BCUT2D eigenvalue weighted by molar-refractivity contribution is 4.75. The van der Waals surface area contributed by atoms with Gasteiger partial charge < -0.3 is 19.7 Å². The van der Waals surface area contributed by atoms with Crippen molar-refractivity contribution in [3.05, 3.63) is 0 Å². The third-order valence-corrected chi connectivity index (χ3v) is 3.61. The predicted molar refractivity (Wildman–Crippen MR) is 91.0 cm³/mol. The first-order valence-electron chi connectivity index (χ1n) is 8.46. The van der Waals surface area contributed by atoms with Crippen LogP contribution in [0.4, 0.5) is 0 Å². The minimum Gasteiger partial charge on any atom is -0.376 e. The van der Waals surface area contributed by atoms with Gasteiger partial charge >= 0.3 is 0 Å². The van der Waals surface area contributed by atoms with Crippen LogP contribution in [0.1, 0.15) is 53.9 Å². The van der Waals surface area contributed by atoms with Gasteiger partial charge in [0.05, 0.1) is 25.4 Å². The van der Waals surface area contributed by atoms with E-state index in [1.807, 2.05) is 0 Å². The summed E-state index contributed by atoms with van der Waals surface area (Å²) in [6, 6.07) is 0. The Balaban J connectivity index is 0.000000922. The molecular weight excluding hydrogens is 264 g/mol. The van der Waals surface area contributed by atoms with Gasteiger partial charge in [0, 0.05) is 26.2 Å². The second kappa shape index (κ2) is 13.5. The Morgan fingerprint density at radius 2 is 1.48 bits per heavy atom. The first-order chi connectivity index (χ1) is 9.80. The van der Waals surface area contributed by atoms with E-state index in [2.05, 4.69) is 31.0 Å². The maximum atomic E-state index is 5.86. The van der Waals surface area contributed by atoms with E-state index in [1.54, 1.807) is 0 Å². The summed E-state index contributed by atoms with van der Waals surface area (Å²) in [6.07, 6.45) is 5.78. The molecule has 4 nitrogen and oxygen atoms in total. The van der Waals surface area contributed by atoms with Crippen molar-refractivity contribution in [2.24, 2.45) is 0 Å². The van der Waals surface area contributed by atoms with Gasteiger partial charge in [-0.15, -0.1) is 0 Å². The Morgan fingerprint density at radius 3 is 1.90 bits per heavy atom. The fraction of sp³-hybridized carbons (Fsp3) is 1.00. The van der Waals surface area contributed by atoms with Crippen molar-refractivity contribution in [3.63, 3.8) is 0 Å². The number of hydrogen-bond donors (Lipinski definition) is 1. The molecule has 0 aromatic carbocycles. The topological polar surface area (TPSA) is 33.7 Å². The van der Waals surface area contributed by atoms with Crippen LogP contribution in [0.5, 0.6) is 0 Å². The molecule has 128 valence electrons. The number of rotatable bonds is 7. The first-order valence-corrected chi connectivity index (χ1v) is 8.46. The molecule has 4 heteroatoms. The first kappa shape index (κ1) is 20.8. The van der Waals surface area contributed by atoms with Crippen LogP contribution < -0.4 is 5.32 Å². The number of hydrogen-bond acceptors (Lipinski definition) is 4. The highest BCUT2D eigenvalue weighted by atomic mass is 16.5. The number of piperidine rings is 1. The molecule has 0 unspecified atom stereocenters. The van der Waals surface area contributed by atoms with Crippen LogP contribution in [0.2, 0.25) is 0 Å². The number of nitrogens with one attached hydrogen (secondary N) is 1. The zero-order valence-corrected chi connectivity index (χ0v) is 13.7. The van der Waals surface area contributed by atoms with Crippen LogP contribution in [0.3, 0.4) is 0 Å². The minimum atomic E-state index is 0. The molecular formula is C17H38N2O2. The van der Waals surface area contributed by atoms with Crippen LogP contribution in [0.25, 0.3) is 0 Å². The van der Waals surface area contributed by atoms with Crippen LogP contribution in [-0.2, 0) is 9.47 Å². The number of likely N-dealkylation sites (tertiary alicyclic amines) is 1. The monoisotopic (exact) mass is 302 g/mol. The molecule has 0 aromatic rings. The van der Waals surface area contributed by atoms with Crippen molar-refractivity contribution in [2.45, 2.75) is 66.1 Å². The third-order valence-electron chi connectivity index (χ3n) is 3.61. The van der Waals surface area contributed by atoms with Crippen LogP contribution >= 0.6 is 0 Å². The smallest absolute Gasteiger partial charge is 0.0824 e. The van der Waals surface area contributed by atoms with E-state index in [4.69, 9.17) is 9.47 Å². The van der Waals surface area contributed by atoms with Crippen molar-refractivity contribution in [3.8, 4) is 0 Å². The molecule has 2 aliphatic rings. The lowest BCUT2D eigenvalue weighted by Crippen LogP contribution is -2.48. The standard InChI is InChI=1S/C13H26N2O2.C3H8.CH4/c1-2-5-15-6-3-12(4-7-15)16-8-9-17-13-10-14-11-13;1-3-2;/h12-14H,2-11H2,1H3;3H2,1-2H3;1H4. The van der Waals surface area contributed by atoms with Gasteiger partial charge in [0.25, 0.3) is 0 Å². The summed E-state index contributed by atoms with van der Waals surface area (Å²) < 4.78 is 11.5. The molecule has 0 aliphatic carbocycles. The molecule has 0 saturated carbocycles. The van der Waals surface area contributed by atoms with Crippen molar-refractivity contribution >= 4 is 0 Å². The van der Waals surface area contributed by atoms with Gasteiger partial charge in [-0.1, -0.05) is 34.6 Å². The molecule has 0 bridgehead atoms. The second-order valence-corrected chi connectivity index (χ2v) is 5.77. The Hall–Kier alpha value is -0.160. The normalized spacial score (nSPS) is 20.1. The quantitative estimate of drug-likeness (QED) is 0.733. The summed E-state index contributed by atoms with van der Waals surface area (Å²) in [5, 5.41) is 3.20. The van der Waals surface area contributed by atoms with Gasteiger partial charge in [-0.2, -0.15) is 0 Å². The van der Waals surface area contributed by atoms with E-state index in [1.165, 1.54) is 45.3 Å². The van der Waals surface area contributed by atoms with Crippen molar-refractivity contribution in [1.29, 1.82) is 0 Å². The molecule has 0 spiro atoms. The van der Waals surface area contributed by atoms with Crippen LogP contribution in [0, 0.1) is 0 Å². The van der Waals surface area contributed by atoms with E-state index in [-0.39, 0.29) is 7.43 Å². The third kappa shape index (κ3) is 9.46. The summed E-state index contributed by atoms with van der Waals surface area (Å²) in [5.41, 5.74) is 0. The average molecular weight is 303 g/mol. The van der Waals surface area contributed by atoms with Gasteiger partial charge in [0.2, 0.25) is 0 Å². The number of nitrogens with zero attached hydrogens (tertiary/aromatic N) is 1. The molecule has 1 N–H and O–H groups in total. The molecule has 2 heterocycles. The largest absolute Gasteiger partial charge is 0.376 e. The maximum Gasteiger partial charge on any atom is 0.0824 e. The second-order valence-electron chi connectivity index (χ2n) is 5.77. The SMILES string of the molecule is C.CCC.CCCN1CCC(OCCOC2CNC2)CC1. The molecule has 2 rings (SSSR count). The van der Waals surface area contributed by atoms with Crippen LogP contribution in [-0.4, -0.2) is 63.0 Å². The Labute approximate surface area is 132 Å². The average Bonchev–Trinajstić information content (AvgIpc) is 2.40. The van der Waals surface area contributed by atoms with Gasteiger partial charge in [-0.05, 0) is 25.8 Å². The van der Waals surface area contributed by atoms with E-state index < -0.39 is 0 Å². The molecule has 0 amide bonds. The van der Waals surface area contributed by atoms with E-state index in [0.717, 1.165) is 26.3 Å². The van der Waals surface area contributed by atoms with Gasteiger partial charge in [-0.3, -0.25) is 0 Å². The molecule has 2 fully saturated rings. The molecule has 0 aromatic heterocycles. The van der Waals surface area contributed by atoms with Gasteiger partial charge in [0.1, 0.15) is 0 Å². The van der Waals surface area contributed by atoms with Crippen LogP contribution in [0.15, 0.2) is 0 Å². The maximum absolute atomic E-state index is 5.86. The van der Waals surface area contributed by atoms with Crippen molar-refractivity contribution < 1.29 is 9.47 Å². The van der Waals surface area contributed by atoms with E-state index in [9.17, 15) is 0 Å². The highest BCUT2D eigenvalue weighted by Crippen LogP contribution is 2.13. The van der Waals surface area contributed by atoms with E-state index in [0.29, 0.717) is 12.2 Å². The minimum absolute atomic E-state index is 0. The highest BCUT2D eigenvalue weighted by Gasteiger charge is 2.20. The lowest BCUT2D eigenvalue weighted by Gasteiger charge is -2.32. The van der Waals surface area contributed by atoms with Gasteiger partial charge in [0.15, 0.2) is 0 Å². The Morgan fingerprint density at radius 1 is 0.952 bits per heavy atom. The summed E-state index contributed by atoms with van der Waals surface area (Å²) in [6.45, 7) is 13.7. The molecule has 0 atom stereocenters. The van der Waals surface area contributed by atoms with Crippen molar-refractivity contribution in [1.82, 2.24) is 10.2 Å². The molecule has 2 aliphatic heterocycles. The fourth-order valence-electron chi connectivity index (χ4n) is 2.43. The molecule has 21 heavy (non-hydrogen) atoms. The zero-order valence-electron chi connectivity index (χ0n) is 13.7. The molecule has 2 saturated heterocycles. The molecule has 0 radical (unpaired) electrons. The lowest BCUT2D eigenvalue weighted by molar-refractivity contribution is -0.0502. The predicted octanol–water partition coefficient (Wildman–Crippen LogP) is 2.92. The lowest BCUT2D eigenvalue weighted by atomic mass is 10.1. The van der Waals surface area contributed by atoms with Crippen molar-refractivity contribution in [2.75, 3.05) is 45.9 Å². The van der Waals surface area contributed by atoms with Gasteiger partial charge in [-0.25, -0.2) is 0 Å². The number of ether oxygens (including phenoxy) is 2. The fourth-order valence-corrected chi connectivity index (χ4v) is 2.43.